The Balaban J connectivity index is 2.27. The Kier molecular flexibility index (Phi) is 3.38. The number of methoxy groups -OCH3 is 1. The summed E-state index contributed by atoms with van der Waals surface area (Å²) in [5, 5.41) is 0. The number of fused-ring (bicyclic) bond motifs is 1. The van der Waals surface area contributed by atoms with Crippen molar-refractivity contribution in [3.8, 4) is 5.75 Å². The van der Waals surface area contributed by atoms with Gasteiger partial charge < -0.3 is 9.30 Å². The molecule has 4 nitrogen and oxygen atoms in total. The molecule has 1 heterocycles. The quantitative estimate of drug-likeness (QED) is 0.872. The summed E-state index contributed by atoms with van der Waals surface area (Å²) in [6.45, 7) is 4.91. The van der Waals surface area contributed by atoms with E-state index >= 15 is 0 Å². The molecule has 0 spiro atoms. The highest BCUT2D eigenvalue weighted by molar-refractivity contribution is 7.16. The zero-order chi connectivity index (χ0) is 14.3. The highest BCUT2D eigenvalue weighted by Crippen LogP contribution is 2.32. The number of ether oxygens (including phenoxy) is 1. The molecule has 0 aliphatic heterocycles. The molecule has 5 heteroatoms. The highest BCUT2D eigenvalue weighted by Gasteiger charge is 2.29. The molecule has 0 bridgehead atoms. The van der Waals surface area contributed by atoms with Gasteiger partial charge in [0.15, 0.2) is 4.80 Å². The van der Waals surface area contributed by atoms with Crippen LogP contribution in [0, 0.1) is 12.8 Å². The van der Waals surface area contributed by atoms with Crippen molar-refractivity contribution in [1.29, 1.82) is 0 Å². The maximum atomic E-state index is 12.0. The normalized spacial score (nSPS) is 15.8. The molecule has 1 aromatic heterocycles. The maximum Gasteiger partial charge on any atom is 0.251 e. The molecule has 1 saturated carbocycles. The predicted molar refractivity (Wildman–Crippen MR) is 80.1 cm³/mol. The zero-order valence-electron chi connectivity index (χ0n) is 12.0. The van der Waals surface area contributed by atoms with Crippen LogP contribution in [0.2, 0.25) is 0 Å². The van der Waals surface area contributed by atoms with Crippen LogP contribution in [0.4, 0.5) is 0 Å². The SMILES string of the molecule is CCn1c(=NC(=O)C2CC2)sc2c(C)ccc(OC)c21. The van der Waals surface area contributed by atoms with Gasteiger partial charge in [-0.25, -0.2) is 0 Å². The molecule has 2 aromatic rings. The first-order valence-electron chi connectivity index (χ1n) is 6.91. The molecule has 1 aliphatic rings. The van der Waals surface area contributed by atoms with Crippen LogP contribution in [0.25, 0.3) is 10.2 Å². The number of benzene rings is 1. The lowest BCUT2D eigenvalue weighted by molar-refractivity contribution is -0.119. The minimum Gasteiger partial charge on any atom is -0.495 e. The molecule has 0 N–H and O–H groups in total. The first kappa shape index (κ1) is 13.4. The Bertz CT molecular complexity index is 738. The summed E-state index contributed by atoms with van der Waals surface area (Å²) < 4.78 is 8.68. The van der Waals surface area contributed by atoms with Crippen LogP contribution < -0.4 is 9.54 Å². The van der Waals surface area contributed by atoms with E-state index in [2.05, 4.69) is 23.4 Å². The highest BCUT2D eigenvalue weighted by atomic mass is 32.1. The van der Waals surface area contributed by atoms with Gasteiger partial charge in [-0.2, -0.15) is 4.99 Å². The molecule has 3 rings (SSSR count). The topological polar surface area (TPSA) is 43.6 Å². The van der Waals surface area contributed by atoms with Gasteiger partial charge in [0.2, 0.25) is 0 Å². The predicted octanol–water partition coefficient (Wildman–Crippen LogP) is 2.88. The van der Waals surface area contributed by atoms with E-state index in [4.69, 9.17) is 4.74 Å². The number of aryl methyl sites for hydroxylation is 2. The Morgan fingerprint density at radius 1 is 1.50 bits per heavy atom. The number of rotatable bonds is 3. The molecule has 20 heavy (non-hydrogen) atoms. The second-order valence-electron chi connectivity index (χ2n) is 5.12. The monoisotopic (exact) mass is 290 g/mol. The van der Waals surface area contributed by atoms with Crippen molar-refractivity contribution in [2.24, 2.45) is 10.9 Å². The molecule has 106 valence electrons. The van der Waals surface area contributed by atoms with E-state index in [9.17, 15) is 4.79 Å². The standard InChI is InChI=1S/C15H18N2O2S/c1-4-17-12-11(19-3)8-5-9(2)13(12)20-15(17)16-14(18)10-6-7-10/h5,8,10H,4,6-7H2,1-3H3. The van der Waals surface area contributed by atoms with Crippen LogP contribution in [0.1, 0.15) is 25.3 Å². The van der Waals surface area contributed by atoms with Crippen LogP contribution in [-0.2, 0) is 11.3 Å². The Labute approximate surface area is 121 Å². The fraction of sp³-hybridized carbons (Fsp3) is 0.467. The summed E-state index contributed by atoms with van der Waals surface area (Å²) in [6.07, 6.45) is 1.98. The van der Waals surface area contributed by atoms with Gasteiger partial charge in [0.05, 0.1) is 11.8 Å². The average Bonchev–Trinajstić information content (AvgIpc) is 3.22. The van der Waals surface area contributed by atoms with Crippen molar-refractivity contribution in [2.45, 2.75) is 33.2 Å². The number of carbonyl (C=O) groups excluding carboxylic acids is 1. The lowest BCUT2D eigenvalue weighted by atomic mass is 10.2. The first-order chi connectivity index (χ1) is 9.65. The van der Waals surface area contributed by atoms with Gasteiger partial charge in [0.1, 0.15) is 11.3 Å². The molecule has 1 amide bonds. The van der Waals surface area contributed by atoms with Gasteiger partial charge in [0, 0.05) is 12.5 Å². The third-order valence-corrected chi connectivity index (χ3v) is 4.87. The average molecular weight is 290 g/mol. The molecule has 0 radical (unpaired) electrons. The third-order valence-electron chi connectivity index (χ3n) is 3.65. The largest absolute Gasteiger partial charge is 0.495 e. The number of hydrogen-bond donors (Lipinski definition) is 0. The van der Waals surface area contributed by atoms with E-state index in [1.807, 2.05) is 12.1 Å². The van der Waals surface area contributed by atoms with Crippen LogP contribution in [-0.4, -0.2) is 17.6 Å². The van der Waals surface area contributed by atoms with Crippen LogP contribution in [0.3, 0.4) is 0 Å². The van der Waals surface area contributed by atoms with Gasteiger partial charge >= 0.3 is 0 Å². The van der Waals surface area contributed by atoms with Crippen LogP contribution >= 0.6 is 11.3 Å². The minimum absolute atomic E-state index is 0.0235. The van der Waals surface area contributed by atoms with Crippen molar-refractivity contribution in [3.63, 3.8) is 0 Å². The summed E-state index contributed by atoms with van der Waals surface area (Å²) in [6, 6.07) is 4.02. The fourth-order valence-electron chi connectivity index (χ4n) is 2.34. The van der Waals surface area contributed by atoms with Gasteiger partial charge in [-0.05, 0) is 38.3 Å². The number of aromatic nitrogens is 1. The molecule has 1 aromatic carbocycles. The Hall–Kier alpha value is -1.62. The summed E-state index contributed by atoms with van der Waals surface area (Å²) in [4.78, 5) is 17.1. The number of hydrogen-bond acceptors (Lipinski definition) is 3. The summed E-state index contributed by atoms with van der Waals surface area (Å²) in [5.41, 5.74) is 2.23. The summed E-state index contributed by atoms with van der Waals surface area (Å²) >= 11 is 1.57. The van der Waals surface area contributed by atoms with Gasteiger partial charge in [0.25, 0.3) is 5.91 Å². The molecule has 0 atom stereocenters. The fourth-order valence-corrected chi connectivity index (χ4v) is 3.52. The van der Waals surface area contributed by atoms with E-state index in [0.29, 0.717) is 0 Å². The second kappa shape index (κ2) is 5.05. The molecular weight excluding hydrogens is 272 g/mol. The van der Waals surface area contributed by atoms with Crippen molar-refractivity contribution in [2.75, 3.05) is 7.11 Å². The molecule has 0 saturated heterocycles. The van der Waals surface area contributed by atoms with Gasteiger partial charge in [-0.1, -0.05) is 17.4 Å². The third kappa shape index (κ3) is 2.16. The number of carbonyl (C=O) groups is 1. The van der Waals surface area contributed by atoms with Gasteiger partial charge in [-0.3, -0.25) is 4.79 Å². The Morgan fingerprint density at radius 2 is 2.25 bits per heavy atom. The molecular formula is C15H18N2O2S. The van der Waals surface area contributed by atoms with Gasteiger partial charge in [-0.15, -0.1) is 0 Å². The number of thiazole rings is 1. The smallest absolute Gasteiger partial charge is 0.251 e. The van der Waals surface area contributed by atoms with E-state index in [0.717, 1.165) is 40.2 Å². The lowest BCUT2D eigenvalue weighted by Gasteiger charge is -2.07. The zero-order valence-corrected chi connectivity index (χ0v) is 12.8. The Morgan fingerprint density at radius 3 is 2.85 bits per heavy atom. The van der Waals surface area contributed by atoms with Crippen LogP contribution in [0.5, 0.6) is 5.75 Å². The lowest BCUT2D eigenvalue weighted by Crippen LogP contribution is -2.16. The molecule has 0 unspecified atom stereocenters. The van der Waals surface area contributed by atoms with Crippen molar-refractivity contribution in [3.05, 3.63) is 22.5 Å². The van der Waals surface area contributed by atoms with E-state index in [1.54, 1.807) is 18.4 Å². The summed E-state index contributed by atoms with van der Waals surface area (Å²) in [5.74, 6) is 1.02. The summed E-state index contributed by atoms with van der Waals surface area (Å²) in [7, 11) is 1.67. The van der Waals surface area contributed by atoms with E-state index in [1.165, 1.54) is 5.56 Å². The van der Waals surface area contributed by atoms with Crippen molar-refractivity contribution >= 4 is 27.5 Å². The minimum atomic E-state index is 0.0235. The van der Waals surface area contributed by atoms with Crippen molar-refractivity contribution in [1.82, 2.24) is 4.57 Å². The van der Waals surface area contributed by atoms with Crippen molar-refractivity contribution < 1.29 is 9.53 Å². The van der Waals surface area contributed by atoms with E-state index < -0.39 is 0 Å². The molecule has 1 fully saturated rings. The molecule has 1 aliphatic carbocycles. The number of amides is 1. The second-order valence-corrected chi connectivity index (χ2v) is 6.09. The van der Waals surface area contributed by atoms with E-state index in [-0.39, 0.29) is 11.8 Å². The first-order valence-corrected chi connectivity index (χ1v) is 7.72. The van der Waals surface area contributed by atoms with Crippen LogP contribution in [0.15, 0.2) is 17.1 Å². The number of nitrogens with zero attached hydrogens (tertiary/aromatic N) is 2. The maximum absolute atomic E-state index is 12.0.